The molecule has 0 unspecified atom stereocenters. The van der Waals surface area contributed by atoms with Crippen LogP contribution >= 0.6 is 7.60 Å². The average Bonchev–Trinajstić information content (AvgIpc) is 3.27. The van der Waals surface area contributed by atoms with Crippen molar-refractivity contribution in [2.75, 3.05) is 13.2 Å². The maximum absolute atomic E-state index is 12.6. The number of aliphatic hydroxyl groups is 4. The van der Waals surface area contributed by atoms with Gasteiger partial charge in [0.1, 0.15) is 49.8 Å². The van der Waals surface area contributed by atoms with Crippen LogP contribution in [0.3, 0.4) is 0 Å². The maximum Gasteiger partial charge on any atom is 0.390 e. The number of carbonyl (C=O) groups is 2. The summed E-state index contributed by atoms with van der Waals surface area (Å²) in [6.45, 7) is 11.7. The third-order valence-electron chi connectivity index (χ3n) is 12.1. The van der Waals surface area contributed by atoms with Crippen molar-refractivity contribution in [2.45, 2.75) is 116 Å². The Morgan fingerprint density at radius 3 is 1.54 bits per heavy atom. The smallest absolute Gasteiger partial charge is 0.390 e. The standard InChI is InChI=1S/C25H33N3O5.C23H30NO8P.CH4/c1-13-5-6-19-11-17(7-8-18(19)9-13)15(3)24(31)32-12-21(29)22(30)23-16(4)20(28-25(26)27)10-14(2)33-23;1-12-4-5-17-9-15(6-7-16(17)8-12)13(2)23(27)31-11-19(25)21(26)22-14(3)18(24)10-20(32-22)33(28,29)30;/h5-11,15-16,20-23,29-30H,12H2,1-4H3,(H4,26,27,28);4-10,13-14,18-19,21-22,25-26H,11,24H2,1-3H3,(H2,28,29,30);1H4/t15-,16+,20-,21+,22+,23+;13-,14+,18-,19+,21+,22+;/m00./s1. The van der Waals surface area contributed by atoms with Crippen molar-refractivity contribution in [2.24, 2.45) is 34.0 Å². The number of nitrogens with two attached hydrogens (primary N) is 3. The van der Waals surface area contributed by atoms with Gasteiger partial charge in [0.05, 0.1) is 23.6 Å². The van der Waals surface area contributed by atoms with Crippen LogP contribution in [0.25, 0.3) is 21.5 Å². The fourth-order valence-corrected chi connectivity index (χ4v) is 8.45. The zero-order valence-electron chi connectivity index (χ0n) is 38.1. The van der Waals surface area contributed by atoms with Gasteiger partial charge >= 0.3 is 19.5 Å². The molecule has 0 fully saturated rings. The van der Waals surface area contributed by atoms with Crippen molar-refractivity contribution in [1.29, 1.82) is 0 Å². The Morgan fingerprint density at radius 1 is 0.687 bits per heavy atom. The minimum atomic E-state index is -4.73. The summed E-state index contributed by atoms with van der Waals surface area (Å²) in [4.78, 5) is 48.1. The average molecular weight is 951 g/mol. The van der Waals surface area contributed by atoms with E-state index < -0.39 is 98.1 Å². The first-order valence-electron chi connectivity index (χ1n) is 21.6. The number of hydrogen-bond acceptors (Lipinski definition) is 13. The van der Waals surface area contributed by atoms with Crippen LogP contribution in [0.1, 0.15) is 76.1 Å². The van der Waals surface area contributed by atoms with Gasteiger partial charge in [0, 0.05) is 17.9 Å². The SMILES string of the molecule is C.CC1=C[C@H](N=C(N)N)[C@@H](C)[C@H]([C@H](O)[C@H](O)COC(=O)[C@@H](C)c2ccc3cc(C)ccc3c2)O1.Cc1ccc2cc([C@H](C)C(=O)OC[C@@H](O)[C@@H](O)[C@@H]3OC(P(=O)(O)O)=C[C@H](N)[C@H]3C)ccc2c1. The van der Waals surface area contributed by atoms with Crippen molar-refractivity contribution in [1.82, 2.24) is 0 Å². The lowest BCUT2D eigenvalue weighted by Crippen LogP contribution is -2.51. The highest BCUT2D eigenvalue weighted by molar-refractivity contribution is 7.56. The number of carbonyl (C=O) groups excluding carboxylic acids is 2. The molecule has 0 radical (unpaired) electrons. The Balaban J connectivity index is 0.000000288. The van der Waals surface area contributed by atoms with Gasteiger partial charge in [0.2, 0.25) is 5.50 Å². The summed E-state index contributed by atoms with van der Waals surface area (Å²) >= 11 is 0. The molecule has 67 heavy (non-hydrogen) atoms. The minimum Gasteiger partial charge on any atom is -0.492 e. The summed E-state index contributed by atoms with van der Waals surface area (Å²) in [5.41, 5.74) is 20.1. The van der Waals surface area contributed by atoms with Crippen molar-refractivity contribution in [3.05, 3.63) is 118 Å². The number of guanidine groups is 1. The molecular weight excluding hydrogens is 884 g/mol. The first kappa shape index (κ1) is 54.2. The first-order chi connectivity index (χ1) is 30.9. The second-order valence-electron chi connectivity index (χ2n) is 17.4. The molecule has 2 aliphatic rings. The number of esters is 2. The van der Waals surface area contributed by atoms with E-state index in [0.717, 1.165) is 44.3 Å². The van der Waals surface area contributed by atoms with Crippen LogP contribution in [0.5, 0.6) is 0 Å². The van der Waals surface area contributed by atoms with E-state index in [1.807, 2.05) is 87.5 Å². The monoisotopic (exact) mass is 950 g/mol. The maximum atomic E-state index is 12.6. The van der Waals surface area contributed by atoms with E-state index in [0.29, 0.717) is 5.76 Å². The van der Waals surface area contributed by atoms with Crippen LogP contribution in [0.4, 0.5) is 0 Å². The molecular formula is C49H67N4O13P. The number of hydrogen-bond donors (Lipinski definition) is 9. The lowest BCUT2D eigenvalue weighted by atomic mass is 9.88. The van der Waals surface area contributed by atoms with Gasteiger partial charge in [-0.25, -0.2) is 4.99 Å². The molecule has 0 bridgehead atoms. The third-order valence-corrected chi connectivity index (χ3v) is 12.9. The predicted octanol–water partition coefficient (Wildman–Crippen LogP) is 4.63. The Kier molecular flexibility index (Phi) is 18.7. The molecule has 12 atom stereocenters. The summed E-state index contributed by atoms with van der Waals surface area (Å²) in [5, 5.41) is 46.3. The Labute approximate surface area is 391 Å². The highest BCUT2D eigenvalue weighted by Gasteiger charge is 2.43. The summed E-state index contributed by atoms with van der Waals surface area (Å²) in [6, 6.07) is 22.5. The van der Waals surface area contributed by atoms with Gasteiger partial charge in [-0.05, 0) is 79.4 Å². The lowest BCUT2D eigenvalue weighted by molar-refractivity contribution is -0.156. The highest BCUT2D eigenvalue weighted by Crippen LogP contribution is 2.49. The normalized spacial score (nSPS) is 23.1. The molecule has 0 saturated carbocycles. The Hall–Kier alpha value is -5.36. The Bertz CT molecular complexity index is 2510. The minimum absolute atomic E-state index is 0. The summed E-state index contributed by atoms with van der Waals surface area (Å²) in [7, 11) is -4.73. The van der Waals surface area contributed by atoms with Gasteiger partial charge < -0.3 is 66.4 Å². The zero-order valence-corrected chi connectivity index (χ0v) is 39.0. The second-order valence-corrected chi connectivity index (χ2v) is 18.9. The van der Waals surface area contributed by atoms with Gasteiger partial charge in [0.25, 0.3) is 0 Å². The number of benzene rings is 4. The molecule has 0 amide bonds. The van der Waals surface area contributed by atoms with Gasteiger partial charge in [-0.15, -0.1) is 0 Å². The van der Waals surface area contributed by atoms with Crippen LogP contribution in [0.15, 0.2) is 101 Å². The molecule has 18 heteroatoms. The van der Waals surface area contributed by atoms with E-state index in [1.54, 1.807) is 33.8 Å². The van der Waals surface area contributed by atoms with Crippen molar-refractivity contribution in [3.63, 3.8) is 0 Å². The number of nitrogens with zero attached hydrogens (tertiary/aromatic N) is 1. The van der Waals surface area contributed by atoms with E-state index in [-0.39, 0.29) is 25.9 Å². The number of aryl methyl sites for hydroxylation is 2. The predicted molar refractivity (Wildman–Crippen MR) is 256 cm³/mol. The summed E-state index contributed by atoms with van der Waals surface area (Å²) in [6.07, 6.45) is -4.86. The van der Waals surface area contributed by atoms with Crippen molar-refractivity contribution < 1.29 is 63.3 Å². The highest BCUT2D eigenvalue weighted by atomic mass is 31.2. The van der Waals surface area contributed by atoms with E-state index >= 15 is 0 Å². The largest absolute Gasteiger partial charge is 0.492 e. The Morgan fingerprint density at radius 2 is 1.10 bits per heavy atom. The molecule has 0 aliphatic carbocycles. The van der Waals surface area contributed by atoms with E-state index in [4.69, 9.17) is 36.1 Å². The van der Waals surface area contributed by atoms with Crippen LogP contribution in [0, 0.1) is 25.7 Å². The second kappa shape index (κ2) is 23.1. The van der Waals surface area contributed by atoms with E-state index in [2.05, 4.69) is 11.1 Å². The van der Waals surface area contributed by atoms with Crippen LogP contribution in [-0.4, -0.2) is 110 Å². The number of rotatable bonds is 14. The lowest BCUT2D eigenvalue weighted by Gasteiger charge is -2.37. The molecule has 12 N–H and O–H groups in total. The topological polar surface area (TPSA) is 300 Å². The van der Waals surface area contributed by atoms with E-state index in [9.17, 15) is 44.4 Å². The first-order valence-corrected chi connectivity index (χ1v) is 23.3. The number of aliphatic hydroxyl groups excluding tert-OH is 4. The molecule has 17 nitrogen and oxygen atoms in total. The molecule has 4 aromatic carbocycles. The molecule has 2 heterocycles. The molecule has 0 saturated heterocycles. The third kappa shape index (κ3) is 13.9. The number of aliphatic imine (C=N–C) groups is 1. The van der Waals surface area contributed by atoms with Gasteiger partial charge in [-0.1, -0.05) is 105 Å². The van der Waals surface area contributed by atoms with Crippen molar-refractivity contribution >= 4 is 47.0 Å². The van der Waals surface area contributed by atoms with Crippen LogP contribution in [-0.2, 0) is 33.1 Å². The van der Waals surface area contributed by atoms with Gasteiger partial charge in [0.15, 0.2) is 5.96 Å². The fourth-order valence-electron chi connectivity index (χ4n) is 7.82. The number of ether oxygens (including phenoxy) is 4. The number of allylic oxidation sites excluding steroid dienone is 1. The van der Waals surface area contributed by atoms with Gasteiger partial charge in [-0.3, -0.25) is 14.2 Å². The fraction of sp³-hybridized carbons (Fsp3) is 0.449. The molecule has 366 valence electrons. The van der Waals surface area contributed by atoms with E-state index in [1.165, 1.54) is 5.56 Å². The molecule has 6 rings (SSSR count). The summed E-state index contributed by atoms with van der Waals surface area (Å²) in [5.74, 6) is -2.60. The van der Waals surface area contributed by atoms with Crippen molar-refractivity contribution in [3.8, 4) is 0 Å². The van der Waals surface area contributed by atoms with Gasteiger partial charge in [-0.2, -0.15) is 0 Å². The summed E-state index contributed by atoms with van der Waals surface area (Å²) < 4.78 is 33.1. The van der Waals surface area contributed by atoms with Crippen LogP contribution < -0.4 is 17.2 Å². The molecule has 4 aromatic rings. The van der Waals surface area contributed by atoms with Crippen LogP contribution in [0.2, 0.25) is 0 Å². The molecule has 2 aliphatic heterocycles. The quantitative estimate of drug-likeness (QED) is 0.0360. The number of fused-ring (bicyclic) bond motifs is 2. The molecule has 0 aromatic heterocycles. The molecule has 0 spiro atoms. The zero-order chi connectivity index (χ0) is 48.8.